The van der Waals surface area contributed by atoms with Gasteiger partial charge >= 0.3 is 0 Å². The zero-order valence-electron chi connectivity index (χ0n) is 21.2. The molecule has 5 rings (SSSR count). The summed E-state index contributed by atoms with van der Waals surface area (Å²) in [6.07, 6.45) is 8.34. The number of carbonyl (C=O) groups is 1. The molecule has 2 fully saturated rings. The number of hydrogen-bond acceptors (Lipinski definition) is 7. The number of rotatable bonds is 7. The number of nitrogens with one attached hydrogen (secondary N) is 2. The van der Waals surface area contributed by atoms with Gasteiger partial charge in [0.15, 0.2) is 0 Å². The number of aryl methyl sites for hydroxylation is 1. The van der Waals surface area contributed by atoms with Crippen LogP contribution < -0.4 is 10.6 Å². The summed E-state index contributed by atoms with van der Waals surface area (Å²) < 4.78 is 0. The third-order valence-electron chi connectivity index (χ3n) is 7.39. The third-order valence-corrected chi connectivity index (χ3v) is 7.39. The van der Waals surface area contributed by atoms with Gasteiger partial charge in [-0.2, -0.15) is 0 Å². The van der Waals surface area contributed by atoms with Crippen LogP contribution in [-0.2, 0) is 4.79 Å². The number of pyridine rings is 1. The highest BCUT2D eigenvalue weighted by atomic mass is 16.1. The van der Waals surface area contributed by atoms with E-state index in [9.17, 15) is 4.79 Å². The van der Waals surface area contributed by atoms with E-state index in [0.29, 0.717) is 11.9 Å². The number of aromatic nitrogens is 3. The summed E-state index contributed by atoms with van der Waals surface area (Å²) in [5.41, 5.74) is 4.45. The van der Waals surface area contributed by atoms with E-state index in [4.69, 9.17) is 0 Å². The molecule has 8 heteroatoms. The fraction of sp³-hybridized carbons (Fsp3) is 0.429. The number of benzene rings is 1. The number of hydrogen-bond donors (Lipinski definition) is 2. The predicted molar refractivity (Wildman–Crippen MR) is 143 cm³/mol. The second-order valence-electron chi connectivity index (χ2n) is 10.1. The lowest BCUT2D eigenvalue weighted by molar-refractivity contribution is -0.119. The highest BCUT2D eigenvalue weighted by Crippen LogP contribution is 2.33. The van der Waals surface area contributed by atoms with Crippen molar-refractivity contribution in [2.24, 2.45) is 11.8 Å². The zero-order valence-corrected chi connectivity index (χ0v) is 21.2. The monoisotopic (exact) mass is 485 g/mol. The Morgan fingerprint density at radius 2 is 1.94 bits per heavy atom. The molecule has 1 aromatic carbocycles. The van der Waals surface area contributed by atoms with Crippen LogP contribution in [0.4, 0.5) is 17.3 Å². The second kappa shape index (κ2) is 11.1. The molecule has 1 saturated carbocycles. The minimum Gasteiger partial charge on any atom is -0.326 e. The largest absolute Gasteiger partial charge is 0.326 e. The standard InChI is InChI=1S/C28H35N7O/c1-20-5-8-24(17-26(20)33-28-30-11-9-25(32-28)23-4-3-10-29-18-23)31-27(36)22-7-6-21(16-22)19-35-14-12-34(2)13-15-35/h3-5,8-11,17-18,21-22H,6-7,12-16,19H2,1-2H3,(H,31,36)(H,30,32,33)/t21-,22+/m0/s1. The molecule has 2 atom stereocenters. The second-order valence-corrected chi connectivity index (χ2v) is 10.1. The molecule has 188 valence electrons. The Hall–Kier alpha value is -3.36. The Morgan fingerprint density at radius 3 is 2.75 bits per heavy atom. The molecule has 0 spiro atoms. The van der Waals surface area contributed by atoms with Gasteiger partial charge in [-0.05, 0) is 75.0 Å². The van der Waals surface area contributed by atoms with Gasteiger partial charge in [0.2, 0.25) is 11.9 Å². The SMILES string of the molecule is Cc1ccc(NC(=O)[C@@H]2CC[C@H](CN3CCN(C)CC3)C2)cc1Nc1nccc(-c2cccnc2)n1. The molecule has 2 N–H and O–H groups in total. The third kappa shape index (κ3) is 6.06. The Bertz CT molecular complexity index is 1180. The predicted octanol–water partition coefficient (Wildman–Crippen LogP) is 4.19. The zero-order chi connectivity index (χ0) is 24.9. The first kappa shape index (κ1) is 24.3. The highest BCUT2D eigenvalue weighted by molar-refractivity contribution is 5.93. The maximum Gasteiger partial charge on any atom is 0.227 e. The van der Waals surface area contributed by atoms with Crippen LogP contribution in [0, 0.1) is 18.8 Å². The molecular formula is C28H35N7O. The van der Waals surface area contributed by atoms with Gasteiger partial charge in [0.25, 0.3) is 0 Å². The average molecular weight is 486 g/mol. The summed E-state index contributed by atoms with van der Waals surface area (Å²) in [4.78, 5) is 31.2. The molecule has 3 aromatic rings. The fourth-order valence-electron chi connectivity index (χ4n) is 5.17. The van der Waals surface area contributed by atoms with Crippen molar-refractivity contribution in [1.82, 2.24) is 24.8 Å². The first-order valence-corrected chi connectivity index (χ1v) is 12.9. The minimum atomic E-state index is 0.0830. The van der Waals surface area contributed by atoms with E-state index >= 15 is 0 Å². The molecule has 0 radical (unpaired) electrons. The molecule has 36 heavy (non-hydrogen) atoms. The summed E-state index contributed by atoms with van der Waals surface area (Å²) in [6, 6.07) is 11.7. The van der Waals surface area contributed by atoms with Crippen LogP contribution in [0.5, 0.6) is 0 Å². The average Bonchev–Trinajstić information content (AvgIpc) is 3.37. The molecule has 1 amide bonds. The molecule has 2 aromatic heterocycles. The maximum absolute atomic E-state index is 13.1. The highest BCUT2D eigenvalue weighted by Gasteiger charge is 2.31. The molecular weight excluding hydrogens is 450 g/mol. The van der Waals surface area contributed by atoms with Crippen molar-refractivity contribution >= 4 is 23.2 Å². The van der Waals surface area contributed by atoms with E-state index in [2.05, 4.69) is 42.4 Å². The quantitative estimate of drug-likeness (QED) is 0.519. The summed E-state index contributed by atoms with van der Waals surface area (Å²) in [7, 11) is 2.19. The Morgan fingerprint density at radius 1 is 1.08 bits per heavy atom. The van der Waals surface area contributed by atoms with Gasteiger partial charge in [-0.3, -0.25) is 9.78 Å². The number of piperazine rings is 1. The van der Waals surface area contributed by atoms with Crippen molar-refractivity contribution in [2.45, 2.75) is 26.2 Å². The van der Waals surface area contributed by atoms with Crippen LogP contribution in [0.3, 0.4) is 0 Å². The molecule has 1 aliphatic carbocycles. The number of carbonyl (C=O) groups excluding carboxylic acids is 1. The first-order valence-electron chi connectivity index (χ1n) is 12.9. The van der Waals surface area contributed by atoms with Crippen molar-refractivity contribution in [3.05, 3.63) is 60.6 Å². The van der Waals surface area contributed by atoms with Crippen LogP contribution in [0.15, 0.2) is 55.0 Å². The van der Waals surface area contributed by atoms with Crippen molar-refractivity contribution in [3.63, 3.8) is 0 Å². The Labute approximate surface area is 213 Å². The molecule has 1 aliphatic heterocycles. The van der Waals surface area contributed by atoms with Gasteiger partial charge < -0.3 is 20.4 Å². The number of nitrogens with zero attached hydrogens (tertiary/aromatic N) is 5. The number of amides is 1. The lowest BCUT2D eigenvalue weighted by Gasteiger charge is -2.33. The van der Waals surface area contributed by atoms with Crippen LogP contribution in [0.1, 0.15) is 24.8 Å². The lowest BCUT2D eigenvalue weighted by atomic mass is 10.0. The summed E-state index contributed by atoms with van der Waals surface area (Å²) >= 11 is 0. The smallest absolute Gasteiger partial charge is 0.227 e. The fourth-order valence-corrected chi connectivity index (χ4v) is 5.17. The maximum atomic E-state index is 13.1. The molecule has 0 unspecified atom stereocenters. The van der Waals surface area contributed by atoms with Gasteiger partial charge in [0.05, 0.1) is 5.69 Å². The molecule has 8 nitrogen and oxygen atoms in total. The van der Waals surface area contributed by atoms with E-state index in [0.717, 1.165) is 80.2 Å². The van der Waals surface area contributed by atoms with Crippen LogP contribution in [0.2, 0.25) is 0 Å². The van der Waals surface area contributed by atoms with E-state index in [1.807, 2.05) is 43.3 Å². The number of anilines is 3. The van der Waals surface area contributed by atoms with Crippen LogP contribution >= 0.6 is 0 Å². The van der Waals surface area contributed by atoms with Crippen molar-refractivity contribution in [1.29, 1.82) is 0 Å². The Kier molecular flexibility index (Phi) is 7.53. The topological polar surface area (TPSA) is 86.3 Å². The normalized spacial score (nSPS) is 20.8. The van der Waals surface area contributed by atoms with Crippen molar-refractivity contribution < 1.29 is 4.79 Å². The molecule has 2 aliphatic rings. The van der Waals surface area contributed by atoms with Crippen molar-refractivity contribution in [2.75, 3.05) is 50.4 Å². The van der Waals surface area contributed by atoms with E-state index < -0.39 is 0 Å². The van der Waals surface area contributed by atoms with Gasteiger partial charge in [-0.25, -0.2) is 9.97 Å². The van der Waals surface area contributed by atoms with E-state index in [1.54, 1.807) is 18.6 Å². The summed E-state index contributed by atoms with van der Waals surface area (Å²) in [6.45, 7) is 7.70. The van der Waals surface area contributed by atoms with Gasteiger partial charge in [0, 0.05) is 74.2 Å². The summed E-state index contributed by atoms with van der Waals surface area (Å²) in [5.74, 6) is 1.33. The van der Waals surface area contributed by atoms with Gasteiger partial charge in [-0.1, -0.05) is 6.07 Å². The summed E-state index contributed by atoms with van der Waals surface area (Å²) in [5, 5.41) is 6.47. The number of likely N-dealkylation sites (N-methyl/N-ethyl adjacent to an activating group) is 1. The van der Waals surface area contributed by atoms with Crippen LogP contribution in [0.25, 0.3) is 11.3 Å². The van der Waals surface area contributed by atoms with E-state index in [-0.39, 0.29) is 11.8 Å². The Balaban J connectivity index is 1.19. The van der Waals surface area contributed by atoms with Crippen LogP contribution in [-0.4, -0.2) is 70.4 Å². The van der Waals surface area contributed by atoms with Gasteiger partial charge in [-0.15, -0.1) is 0 Å². The lowest BCUT2D eigenvalue weighted by Crippen LogP contribution is -2.45. The minimum absolute atomic E-state index is 0.0830. The van der Waals surface area contributed by atoms with Crippen molar-refractivity contribution in [3.8, 4) is 11.3 Å². The molecule has 1 saturated heterocycles. The molecule has 0 bridgehead atoms. The first-order chi connectivity index (χ1) is 17.5. The molecule has 3 heterocycles. The van der Waals surface area contributed by atoms with E-state index in [1.165, 1.54) is 0 Å². The van der Waals surface area contributed by atoms with Gasteiger partial charge in [0.1, 0.15) is 0 Å².